The Kier molecular flexibility index (Phi) is 4.71. The van der Waals surface area contributed by atoms with Crippen molar-refractivity contribution in [1.82, 2.24) is 9.97 Å². The summed E-state index contributed by atoms with van der Waals surface area (Å²) in [7, 11) is 0. The van der Waals surface area contributed by atoms with Gasteiger partial charge in [0, 0.05) is 11.4 Å². The number of nitro groups is 1. The summed E-state index contributed by atoms with van der Waals surface area (Å²) in [6.07, 6.45) is 1.19. The zero-order valence-electron chi connectivity index (χ0n) is 12.6. The summed E-state index contributed by atoms with van der Waals surface area (Å²) >= 11 is 5.73. The molecule has 3 aromatic rings. The molecule has 0 bridgehead atoms. The van der Waals surface area contributed by atoms with Gasteiger partial charge >= 0.3 is 5.69 Å². The van der Waals surface area contributed by atoms with Crippen molar-refractivity contribution in [3.05, 3.63) is 75.8 Å². The first-order chi connectivity index (χ1) is 12.0. The van der Waals surface area contributed by atoms with E-state index in [4.69, 9.17) is 11.6 Å². The summed E-state index contributed by atoms with van der Waals surface area (Å²) in [6.45, 7) is 0. The standard InChI is InChI=1S/C16H11ClFN5O2/c17-12-8-11(6-7-13(12)18)22-16-14(23(24)25)15(19-9-20-16)21-10-4-2-1-3-5-10/h1-9H,(H2,19,20,21,22). The second-order valence-corrected chi connectivity index (χ2v) is 5.33. The molecule has 0 fully saturated rings. The smallest absolute Gasteiger partial charge is 0.334 e. The fourth-order valence-corrected chi connectivity index (χ4v) is 2.28. The molecule has 0 atom stereocenters. The van der Waals surface area contributed by atoms with E-state index >= 15 is 0 Å². The number of para-hydroxylation sites is 1. The van der Waals surface area contributed by atoms with Crippen molar-refractivity contribution in [2.75, 3.05) is 10.6 Å². The molecule has 0 radical (unpaired) electrons. The highest BCUT2D eigenvalue weighted by atomic mass is 35.5. The molecule has 3 rings (SSSR count). The maximum atomic E-state index is 13.2. The van der Waals surface area contributed by atoms with Crippen LogP contribution in [0.3, 0.4) is 0 Å². The van der Waals surface area contributed by atoms with Gasteiger partial charge in [-0.25, -0.2) is 14.4 Å². The predicted molar refractivity (Wildman–Crippen MR) is 93.1 cm³/mol. The van der Waals surface area contributed by atoms with Crippen LogP contribution in [0.1, 0.15) is 0 Å². The minimum absolute atomic E-state index is 0.0295. The van der Waals surface area contributed by atoms with Crippen LogP contribution in [0.15, 0.2) is 54.9 Å². The Labute approximate surface area is 146 Å². The minimum Gasteiger partial charge on any atom is -0.334 e. The summed E-state index contributed by atoms with van der Waals surface area (Å²) in [4.78, 5) is 18.8. The number of benzene rings is 2. The van der Waals surface area contributed by atoms with E-state index in [1.807, 2.05) is 6.07 Å². The summed E-state index contributed by atoms with van der Waals surface area (Å²) in [5.74, 6) is -0.598. The number of nitrogens with one attached hydrogen (secondary N) is 2. The first-order valence-electron chi connectivity index (χ1n) is 7.08. The number of nitrogens with zero attached hydrogens (tertiary/aromatic N) is 3. The van der Waals surface area contributed by atoms with Gasteiger partial charge in [0.2, 0.25) is 11.6 Å². The average molecular weight is 360 g/mol. The normalized spacial score (nSPS) is 10.3. The summed E-state index contributed by atoms with van der Waals surface area (Å²) in [6, 6.07) is 12.8. The van der Waals surface area contributed by atoms with E-state index in [0.717, 1.165) is 6.07 Å². The lowest BCUT2D eigenvalue weighted by atomic mass is 10.3. The highest BCUT2D eigenvalue weighted by Crippen LogP contribution is 2.33. The summed E-state index contributed by atoms with van der Waals surface area (Å²) in [5.41, 5.74) is 0.658. The van der Waals surface area contributed by atoms with Crippen LogP contribution >= 0.6 is 11.6 Å². The van der Waals surface area contributed by atoms with Crippen molar-refractivity contribution < 1.29 is 9.31 Å². The van der Waals surface area contributed by atoms with Gasteiger partial charge in [0.15, 0.2) is 0 Å². The zero-order valence-corrected chi connectivity index (χ0v) is 13.4. The van der Waals surface area contributed by atoms with Crippen LogP contribution in [0.2, 0.25) is 5.02 Å². The number of hydrogen-bond donors (Lipinski definition) is 2. The van der Waals surface area contributed by atoms with Crippen LogP contribution in [0.4, 0.5) is 33.1 Å². The van der Waals surface area contributed by atoms with E-state index in [1.165, 1.54) is 18.5 Å². The lowest BCUT2D eigenvalue weighted by Crippen LogP contribution is -2.05. The first-order valence-corrected chi connectivity index (χ1v) is 7.46. The maximum Gasteiger partial charge on any atom is 0.353 e. The van der Waals surface area contributed by atoms with Crippen molar-refractivity contribution in [3.8, 4) is 0 Å². The molecule has 1 heterocycles. The van der Waals surface area contributed by atoms with E-state index in [-0.39, 0.29) is 22.3 Å². The third-order valence-electron chi connectivity index (χ3n) is 3.22. The van der Waals surface area contributed by atoms with Crippen LogP contribution < -0.4 is 10.6 Å². The lowest BCUT2D eigenvalue weighted by molar-refractivity contribution is -0.383. The van der Waals surface area contributed by atoms with Gasteiger partial charge in [0.1, 0.15) is 12.1 Å². The Morgan fingerprint density at radius 2 is 1.64 bits per heavy atom. The van der Waals surface area contributed by atoms with E-state index in [1.54, 1.807) is 24.3 Å². The van der Waals surface area contributed by atoms with E-state index < -0.39 is 10.7 Å². The lowest BCUT2D eigenvalue weighted by Gasteiger charge is -2.10. The molecule has 0 spiro atoms. The van der Waals surface area contributed by atoms with Gasteiger partial charge in [-0.3, -0.25) is 10.1 Å². The van der Waals surface area contributed by atoms with Crippen LogP contribution in [-0.2, 0) is 0 Å². The van der Waals surface area contributed by atoms with Crippen LogP contribution in [-0.4, -0.2) is 14.9 Å². The molecule has 0 unspecified atom stereocenters. The maximum absolute atomic E-state index is 13.2. The van der Waals surface area contributed by atoms with Gasteiger partial charge in [-0.15, -0.1) is 0 Å². The molecule has 1 aromatic heterocycles. The second-order valence-electron chi connectivity index (χ2n) is 4.92. The van der Waals surface area contributed by atoms with Gasteiger partial charge < -0.3 is 10.6 Å². The third-order valence-corrected chi connectivity index (χ3v) is 3.51. The number of hydrogen-bond acceptors (Lipinski definition) is 6. The van der Waals surface area contributed by atoms with Crippen molar-refractivity contribution in [3.63, 3.8) is 0 Å². The molecule has 9 heteroatoms. The quantitative estimate of drug-likeness (QED) is 0.508. The zero-order chi connectivity index (χ0) is 17.8. The third kappa shape index (κ3) is 3.81. The van der Waals surface area contributed by atoms with Gasteiger partial charge in [-0.1, -0.05) is 29.8 Å². The Hall–Kier alpha value is -3.26. The molecule has 2 N–H and O–H groups in total. The SMILES string of the molecule is O=[N+]([O-])c1c(Nc2ccccc2)ncnc1Nc1ccc(F)c(Cl)c1. The Morgan fingerprint density at radius 3 is 2.24 bits per heavy atom. The van der Waals surface area contributed by atoms with Gasteiger partial charge in [0.25, 0.3) is 0 Å². The fraction of sp³-hybridized carbons (Fsp3) is 0. The van der Waals surface area contributed by atoms with Crippen LogP contribution in [0, 0.1) is 15.9 Å². The molecule has 7 nitrogen and oxygen atoms in total. The molecule has 0 saturated carbocycles. The van der Waals surface area contributed by atoms with Gasteiger partial charge in [-0.05, 0) is 30.3 Å². The number of anilines is 4. The van der Waals surface area contributed by atoms with Crippen molar-refractivity contribution in [1.29, 1.82) is 0 Å². The molecule has 0 aliphatic rings. The molecular formula is C16H11ClFN5O2. The molecule has 126 valence electrons. The predicted octanol–water partition coefficient (Wildman–Crippen LogP) is 4.66. The van der Waals surface area contributed by atoms with E-state index in [2.05, 4.69) is 20.6 Å². The van der Waals surface area contributed by atoms with Crippen molar-refractivity contribution in [2.45, 2.75) is 0 Å². The van der Waals surface area contributed by atoms with Crippen molar-refractivity contribution >= 4 is 40.3 Å². The highest BCUT2D eigenvalue weighted by Gasteiger charge is 2.23. The topological polar surface area (TPSA) is 93.0 Å². The number of aromatic nitrogens is 2. The summed E-state index contributed by atoms with van der Waals surface area (Å²) in [5, 5.41) is 17.0. The van der Waals surface area contributed by atoms with Gasteiger partial charge in [0.05, 0.1) is 9.95 Å². The fourth-order valence-electron chi connectivity index (χ4n) is 2.10. The van der Waals surface area contributed by atoms with Crippen LogP contribution in [0.5, 0.6) is 0 Å². The molecule has 0 aliphatic carbocycles. The molecule has 25 heavy (non-hydrogen) atoms. The monoisotopic (exact) mass is 359 g/mol. The largest absolute Gasteiger partial charge is 0.353 e. The number of halogens is 2. The minimum atomic E-state index is -0.598. The Bertz CT molecular complexity index is 924. The van der Waals surface area contributed by atoms with E-state index in [9.17, 15) is 14.5 Å². The number of rotatable bonds is 5. The first kappa shape index (κ1) is 16.6. The van der Waals surface area contributed by atoms with E-state index in [0.29, 0.717) is 11.4 Å². The molecular weight excluding hydrogens is 349 g/mol. The molecule has 0 saturated heterocycles. The second kappa shape index (κ2) is 7.10. The highest BCUT2D eigenvalue weighted by molar-refractivity contribution is 6.31. The van der Waals surface area contributed by atoms with Gasteiger partial charge in [-0.2, -0.15) is 0 Å². The molecule has 0 aliphatic heterocycles. The Balaban J connectivity index is 1.97. The molecule has 2 aromatic carbocycles. The summed E-state index contributed by atoms with van der Waals surface area (Å²) < 4.78 is 13.2. The Morgan fingerprint density at radius 1 is 1.00 bits per heavy atom. The van der Waals surface area contributed by atoms with Crippen LogP contribution in [0.25, 0.3) is 0 Å². The van der Waals surface area contributed by atoms with Crippen molar-refractivity contribution in [2.24, 2.45) is 0 Å². The molecule has 0 amide bonds. The average Bonchev–Trinajstić information content (AvgIpc) is 2.59.